The fraction of sp³-hybridized carbons (Fsp3) is 0.208. The van der Waals surface area contributed by atoms with E-state index in [1.54, 1.807) is 12.1 Å². The summed E-state index contributed by atoms with van der Waals surface area (Å²) in [7, 11) is 1.30. The van der Waals surface area contributed by atoms with Gasteiger partial charge in [0.05, 0.1) is 16.3 Å². The highest BCUT2D eigenvalue weighted by atomic mass is 35.5. The molecule has 1 saturated heterocycles. The van der Waals surface area contributed by atoms with Crippen molar-refractivity contribution in [1.82, 2.24) is 20.0 Å². The van der Waals surface area contributed by atoms with Gasteiger partial charge in [-0.25, -0.2) is 13.8 Å². The van der Waals surface area contributed by atoms with Crippen LogP contribution in [0.25, 0.3) is 22.2 Å². The van der Waals surface area contributed by atoms with Crippen LogP contribution in [0.5, 0.6) is 0 Å². The molecule has 5 rings (SSSR count). The minimum absolute atomic E-state index is 0.0114. The Hall–Kier alpha value is -3.76. The minimum atomic E-state index is -0.637. The van der Waals surface area contributed by atoms with Crippen molar-refractivity contribution >= 4 is 40.0 Å². The van der Waals surface area contributed by atoms with Crippen molar-refractivity contribution in [3.8, 4) is 11.1 Å². The number of nitrogens with zero attached hydrogens (tertiary/aromatic N) is 4. The zero-order valence-electron chi connectivity index (χ0n) is 18.7. The third kappa shape index (κ3) is 4.38. The lowest BCUT2D eigenvalue weighted by Crippen LogP contribution is -2.43. The third-order valence-electron chi connectivity index (χ3n) is 5.78. The second-order valence-electron chi connectivity index (χ2n) is 7.94. The summed E-state index contributed by atoms with van der Waals surface area (Å²) in [6.45, 7) is 3.06. The van der Waals surface area contributed by atoms with E-state index in [0.29, 0.717) is 16.8 Å². The van der Waals surface area contributed by atoms with Crippen molar-refractivity contribution in [2.75, 3.05) is 43.5 Å². The van der Waals surface area contributed by atoms with Crippen LogP contribution in [0, 0.1) is 11.6 Å². The number of fused-ring (bicyclic) bond motifs is 1. The molecule has 0 bridgehead atoms. The van der Waals surface area contributed by atoms with Crippen LogP contribution >= 0.6 is 11.6 Å². The number of piperazine rings is 1. The number of pyridine rings is 1. The number of benzene rings is 2. The fourth-order valence-electron chi connectivity index (χ4n) is 4.11. The first-order valence-electron chi connectivity index (χ1n) is 10.9. The molecule has 1 aliphatic rings. The second-order valence-corrected chi connectivity index (χ2v) is 8.34. The van der Waals surface area contributed by atoms with Gasteiger partial charge in [-0.15, -0.1) is 4.73 Å². The smallest absolute Gasteiger partial charge is 0.293 e. The van der Waals surface area contributed by atoms with E-state index in [-0.39, 0.29) is 33.6 Å². The summed E-state index contributed by atoms with van der Waals surface area (Å²) in [5, 5.41) is 6.71. The van der Waals surface area contributed by atoms with Gasteiger partial charge < -0.3 is 20.4 Å². The number of hydrogen-bond donors (Lipinski definition) is 2. The van der Waals surface area contributed by atoms with Crippen LogP contribution in [0.2, 0.25) is 5.02 Å². The van der Waals surface area contributed by atoms with Crippen molar-refractivity contribution < 1.29 is 13.6 Å². The maximum Gasteiger partial charge on any atom is 0.293 e. The molecule has 11 heteroatoms. The molecule has 0 amide bonds. The summed E-state index contributed by atoms with van der Waals surface area (Å²) in [4.78, 5) is 29.0. The molecule has 0 atom stereocenters. The van der Waals surface area contributed by atoms with E-state index in [0.717, 1.165) is 30.9 Å². The minimum Gasteiger partial charge on any atom is -0.412 e. The molecule has 180 valence electrons. The van der Waals surface area contributed by atoms with E-state index in [2.05, 4.69) is 20.6 Å². The van der Waals surface area contributed by atoms with E-state index >= 15 is 0 Å². The Morgan fingerprint density at radius 2 is 1.91 bits per heavy atom. The van der Waals surface area contributed by atoms with Crippen LogP contribution in [0.1, 0.15) is 0 Å². The first-order valence-corrected chi connectivity index (χ1v) is 11.3. The normalized spacial score (nSPS) is 13.8. The van der Waals surface area contributed by atoms with Crippen LogP contribution in [-0.4, -0.2) is 48.0 Å². The van der Waals surface area contributed by atoms with E-state index < -0.39 is 11.4 Å². The van der Waals surface area contributed by atoms with Gasteiger partial charge in [0.1, 0.15) is 18.7 Å². The zero-order chi connectivity index (χ0) is 24.5. The van der Waals surface area contributed by atoms with Gasteiger partial charge in [0, 0.05) is 49.0 Å². The van der Waals surface area contributed by atoms with Crippen LogP contribution in [0.3, 0.4) is 0 Å². The number of rotatable bonds is 5. The van der Waals surface area contributed by atoms with Gasteiger partial charge in [0.15, 0.2) is 5.65 Å². The molecule has 2 aromatic heterocycles. The van der Waals surface area contributed by atoms with Gasteiger partial charge in [-0.2, -0.15) is 4.98 Å². The van der Waals surface area contributed by atoms with Gasteiger partial charge in [-0.05, 0) is 36.4 Å². The number of hydrogen-bond acceptors (Lipinski definition) is 7. The second kappa shape index (κ2) is 9.47. The predicted molar refractivity (Wildman–Crippen MR) is 131 cm³/mol. The summed E-state index contributed by atoms with van der Waals surface area (Å²) in [6, 6.07) is 10.5. The number of aromatic nitrogens is 3. The maximum atomic E-state index is 14.8. The summed E-state index contributed by atoms with van der Waals surface area (Å²) >= 11 is 6.16. The molecule has 2 aromatic carbocycles. The zero-order valence-corrected chi connectivity index (χ0v) is 19.4. The first kappa shape index (κ1) is 23.0. The summed E-state index contributed by atoms with van der Waals surface area (Å²) < 4.78 is 30.2. The molecule has 1 fully saturated rings. The molecule has 0 aliphatic carbocycles. The SMILES string of the molecule is COn1c(=O)c(-c2c(F)cccc2Cl)cc2cnc(Nc3ccc(N4CCNCC4)c(F)c3)nc21. The van der Waals surface area contributed by atoms with Crippen molar-refractivity contribution in [2.24, 2.45) is 0 Å². The van der Waals surface area contributed by atoms with Crippen molar-refractivity contribution in [2.45, 2.75) is 0 Å². The topological polar surface area (TPSA) is 84.3 Å². The maximum absolute atomic E-state index is 14.8. The number of nitrogens with one attached hydrogen (secondary N) is 2. The van der Waals surface area contributed by atoms with Gasteiger partial charge >= 0.3 is 0 Å². The molecule has 4 aromatic rings. The lowest BCUT2D eigenvalue weighted by Gasteiger charge is -2.29. The third-order valence-corrected chi connectivity index (χ3v) is 6.09. The summed E-state index contributed by atoms with van der Waals surface area (Å²) in [5.74, 6) is -0.867. The lowest BCUT2D eigenvalue weighted by molar-refractivity contribution is 0.168. The highest BCUT2D eigenvalue weighted by Crippen LogP contribution is 2.30. The fourth-order valence-corrected chi connectivity index (χ4v) is 4.37. The van der Waals surface area contributed by atoms with Crippen molar-refractivity contribution in [3.63, 3.8) is 0 Å². The Labute approximate surface area is 204 Å². The Balaban J connectivity index is 1.50. The van der Waals surface area contributed by atoms with E-state index in [4.69, 9.17) is 16.4 Å². The molecule has 2 N–H and O–H groups in total. The average molecular weight is 499 g/mol. The van der Waals surface area contributed by atoms with E-state index in [9.17, 15) is 13.6 Å². The van der Waals surface area contributed by atoms with Gasteiger partial charge in [0.25, 0.3) is 5.56 Å². The lowest BCUT2D eigenvalue weighted by atomic mass is 10.1. The Morgan fingerprint density at radius 3 is 2.63 bits per heavy atom. The van der Waals surface area contributed by atoms with Crippen LogP contribution in [0.15, 0.2) is 53.5 Å². The van der Waals surface area contributed by atoms with Crippen LogP contribution in [-0.2, 0) is 0 Å². The van der Waals surface area contributed by atoms with Crippen molar-refractivity contribution in [3.05, 3.63) is 75.7 Å². The largest absolute Gasteiger partial charge is 0.412 e. The molecule has 0 unspecified atom stereocenters. The van der Waals surface area contributed by atoms with Gasteiger partial charge in [0.2, 0.25) is 5.95 Å². The summed E-state index contributed by atoms with van der Waals surface area (Å²) in [6.07, 6.45) is 1.46. The van der Waals surface area contributed by atoms with E-state index in [1.165, 1.54) is 43.6 Å². The molecule has 0 radical (unpaired) electrons. The monoisotopic (exact) mass is 498 g/mol. The molecule has 35 heavy (non-hydrogen) atoms. The van der Waals surface area contributed by atoms with Crippen LogP contribution in [0.4, 0.5) is 26.1 Å². The molecular weight excluding hydrogens is 478 g/mol. The average Bonchev–Trinajstić information content (AvgIpc) is 2.85. The quantitative estimate of drug-likeness (QED) is 0.435. The van der Waals surface area contributed by atoms with Crippen LogP contribution < -0.4 is 25.9 Å². The Bertz CT molecular complexity index is 1450. The highest BCUT2D eigenvalue weighted by molar-refractivity contribution is 6.33. The molecular formula is C24H21ClF2N6O2. The number of halogens is 3. The van der Waals surface area contributed by atoms with E-state index in [1.807, 2.05) is 4.90 Å². The molecule has 0 spiro atoms. The predicted octanol–water partition coefficient (Wildman–Crippen LogP) is 3.60. The molecule has 3 heterocycles. The highest BCUT2D eigenvalue weighted by Gasteiger charge is 2.19. The Morgan fingerprint density at radius 1 is 1.11 bits per heavy atom. The summed E-state index contributed by atoms with van der Waals surface area (Å²) in [5.41, 5.74) is 0.476. The Kier molecular flexibility index (Phi) is 6.23. The van der Waals surface area contributed by atoms with Gasteiger partial charge in [-0.3, -0.25) is 4.79 Å². The molecule has 1 aliphatic heterocycles. The standard InChI is InChI=1S/C24H21ClF2N6O2/c1-35-33-22-14(11-16(23(33)34)21-17(25)3-2-4-18(21)26)13-29-24(31-22)30-15-5-6-20(19(27)12-15)32-9-7-28-8-10-32/h2-6,11-13,28H,7-10H2,1H3,(H,29,30,31). The molecule has 0 saturated carbocycles. The van der Waals surface area contributed by atoms with Crippen molar-refractivity contribution in [1.29, 1.82) is 0 Å². The first-order chi connectivity index (χ1) is 17.0. The number of anilines is 3. The molecule has 8 nitrogen and oxygen atoms in total. The van der Waals surface area contributed by atoms with Gasteiger partial charge in [-0.1, -0.05) is 17.7 Å².